The van der Waals surface area contributed by atoms with Crippen molar-refractivity contribution in [2.24, 2.45) is 0 Å². The van der Waals surface area contributed by atoms with Crippen LogP contribution in [0.3, 0.4) is 0 Å². The van der Waals surface area contributed by atoms with E-state index < -0.39 is 0 Å². The number of likely N-dealkylation sites (N-methyl/N-ethyl adjacent to an activating group) is 1. The van der Waals surface area contributed by atoms with E-state index in [4.69, 9.17) is 11.6 Å². The van der Waals surface area contributed by atoms with Crippen molar-refractivity contribution in [2.75, 3.05) is 25.5 Å². The summed E-state index contributed by atoms with van der Waals surface area (Å²) in [6.45, 7) is 2.72. The lowest BCUT2D eigenvalue weighted by Gasteiger charge is -2.19. The summed E-state index contributed by atoms with van der Waals surface area (Å²) in [4.78, 5) is 30.7. The maximum atomic E-state index is 11.9. The number of imide groups is 1. The number of urea groups is 1. The molecule has 3 amide bonds. The number of nitrogens with zero attached hydrogens (tertiary/aromatic N) is 3. The van der Waals surface area contributed by atoms with E-state index in [1.807, 2.05) is 24.3 Å². The molecule has 25 heavy (non-hydrogen) atoms. The van der Waals surface area contributed by atoms with Gasteiger partial charge in [0.05, 0.1) is 5.52 Å². The predicted molar refractivity (Wildman–Crippen MR) is 98.8 cm³/mol. The molecule has 0 aliphatic carbocycles. The second-order valence-corrected chi connectivity index (χ2v) is 6.83. The molecule has 1 aromatic carbocycles. The number of aromatic nitrogens is 1. The van der Waals surface area contributed by atoms with Crippen molar-refractivity contribution in [3.8, 4) is 0 Å². The summed E-state index contributed by atoms with van der Waals surface area (Å²) in [5.41, 5.74) is 1.85. The van der Waals surface area contributed by atoms with E-state index in [0.717, 1.165) is 29.4 Å². The van der Waals surface area contributed by atoms with Gasteiger partial charge in [0.15, 0.2) is 0 Å². The molecule has 3 rings (SSSR count). The van der Waals surface area contributed by atoms with Gasteiger partial charge in [-0.3, -0.25) is 14.7 Å². The minimum absolute atomic E-state index is 0.120. The Bertz CT molecular complexity index is 811. The molecule has 7 heteroatoms. The standard InChI is InChI=1S/C18H21ClN4O2/c1-12(4-3-9-23-17(24)11-22(2)18(23)25)21-15-7-8-20-16-10-13(19)5-6-14(15)16/h5-8,10,12H,3-4,9,11H2,1-2H3,(H,20,21). The third kappa shape index (κ3) is 3.85. The van der Waals surface area contributed by atoms with E-state index in [1.165, 1.54) is 9.80 Å². The number of anilines is 1. The highest BCUT2D eigenvalue weighted by Crippen LogP contribution is 2.25. The number of nitrogens with one attached hydrogen (secondary N) is 1. The quantitative estimate of drug-likeness (QED) is 0.802. The van der Waals surface area contributed by atoms with E-state index in [-0.39, 0.29) is 24.5 Å². The first-order valence-electron chi connectivity index (χ1n) is 8.32. The monoisotopic (exact) mass is 360 g/mol. The number of fused-ring (bicyclic) bond motifs is 1. The van der Waals surface area contributed by atoms with Crippen molar-refractivity contribution in [1.82, 2.24) is 14.8 Å². The van der Waals surface area contributed by atoms with Gasteiger partial charge >= 0.3 is 6.03 Å². The zero-order valence-electron chi connectivity index (χ0n) is 14.3. The second-order valence-electron chi connectivity index (χ2n) is 6.39. The molecule has 1 N–H and O–H groups in total. The molecule has 2 heterocycles. The number of halogens is 1. The summed E-state index contributed by atoms with van der Waals surface area (Å²) in [5.74, 6) is -0.120. The molecule has 1 aliphatic rings. The summed E-state index contributed by atoms with van der Waals surface area (Å²) < 4.78 is 0. The van der Waals surface area contributed by atoms with E-state index in [2.05, 4.69) is 17.2 Å². The lowest BCUT2D eigenvalue weighted by atomic mass is 10.1. The Balaban J connectivity index is 1.57. The maximum Gasteiger partial charge on any atom is 0.326 e. The number of hydrogen-bond acceptors (Lipinski definition) is 4. The lowest BCUT2D eigenvalue weighted by Crippen LogP contribution is -2.33. The lowest BCUT2D eigenvalue weighted by molar-refractivity contribution is -0.125. The fourth-order valence-corrected chi connectivity index (χ4v) is 3.20. The molecule has 1 fully saturated rings. The first-order chi connectivity index (χ1) is 12.0. The fourth-order valence-electron chi connectivity index (χ4n) is 3.03. The molecule has 1 atom stereocenters. The molecule has 0 saturated carbocycles. The van der Waals surface area contributed by atoms with Crippen LogP contribution in [0, 0.1) is 0 Å². The first-order valence-corrected chi connectivity index (χ1v) is 8.70. The van der Waals surface area contributed by atoms with Crippen LogP contribution in [0.25, 0.3) is 10.9 Å². The summed E-state index contributed by atoms with van der Waals surface area (Å²) in [5, 5.41) is 5.16. The van der Waals surface area contributed by atoms with E-state index in [0.29, 0.717) is 11.6 Å². The molecule has 0 spiro atoms. The molecular formula is C18H21ClN4O2. The first kappa shape index (κ1) is 17.5. The highest BCUT2D eigenvalue weighted by Gasteiger charge is 2.32. The van der Waals surface area contributed by atoms with Crippen LogP contribution in [0.15, 0.2) is 30.5 Å². The highest BCUT2D eigenvalue weighted by atomic mass is 35.5. The third-order valence-electron chi connectivity index (χ3n) is 4.36. The number of pyridine rings is 1. The van der Waals surface area contributed by atoms with Crippen LogP contribution >= 0.6 is 11.6 Å². The molecule has 1 aliphatic heterocycles. The van der Waals surface area contributed by atoms with Gasteiger partial charge in [0.25, 0.3) is 0 Å². The van der Waals surface area contributed by atoms with Crippen LogP contribution in [0.2, 0.25) is 5.02 Å². The van der Waals surface area contributed by atoms with Crippen molar-refractivity contribution in [3.05, 3.63) is 35.5 Å². The van der Waals surface area contributed by atoms with Crippen molar-refractivity contribution < 1.29 is 9.59 Å². The van der Waals surface area contributed by atoms with Crippen molar-refractivity contribution in [2.45, 2.75) is 25.8 Å². The zero-order valence-corrected chi connectivity index (χ0v) is 15.1. The molecule has 1 aromatic heterocycles. The molecule has 2 aromatic rings. The van der Waals surface area contributed by atoms with Crippen LogP contribution < -0.4 is 5.32 Å². The Labute approximate surface area is 151 Å². The smallest absolute Gasteiger partial charge is 0.326 e. The Kier molecular flexibility index (Phi) is 5.08. The van der Waals surface area contributed by atoms with Crippen LogP contribution in [-0.2, 0) is 4.79 Å². The molecule has 1 unspecified atom stereocenters. The third-order valence-corrected chi connectivity index (χ3v) is 4.59. The summed E-state index contributed by atoms with van der Waals surface area (Å²) in [6.07, 6.45) is 3.36. The molecule has 1 saturated heterocycles. The number of amides is 3. The number of hydrogen-bond donors (Lipinski definition) is 1. The van der Waals surface area contributed by atoms with Gasteiger partial charge in [0.2, 0.25) is 5.91 Å². The summed E-state index contributed by atoms with van der Waals surface area (Å²) >= 11 is 6.02. The SMILES string of the molecule is CC(CCCN1C(=O)CN(C)C1=O)Nc1ccnc2cc(Cl)ccc12. The van der Waals surface area contributed by atoms with Gasteiger partial charge in [-0.15, -0.1) is 0 Å². The van der Waals surface area contributed by atoms with E-state index >= 15 is 0 Å². The van der Waals surface area contributed by atoms with Gasteiger partial charge in [-0.05, 0) is 44.0 Å². The Morgan fingerprint density at radius 1 is 1.32 bits per heavy atom. The van der Waals surface area contributed by atoms with Crippen molar-refractivity contribution in [3.63, 3.8) is 0 Å². The minimum Gasteiger partial charge on any atom is -0.382 e. The Morgan fingerprint density at radius 2 is 2.12 bits per heavy atom. The Hall–Kier alpha value is -2.34. The van der Waals surface area contributed by atoms with Crippen LogP contribution in [-0.4, -0.2) is 52.9 Å². The fraction of sp³-hybridized carbons (Fsp3) is 0.389. The second kappa shape index (κ2) is 7.27. The molecule has 0 bridgehead atoms. The normalized spacial score (nSPS) is 16.0. The number of rotatable bonds is 6. The molecule has 6 nitrogen and oxygen atoms in total. The van der Waals surface area contributed by atoms with Crippen molar-refractivity contribution in [1.29, 1.82) is 0 Å². The van der Waals surface area contributed by atoms with Gasteiger partial charge in [-0.25, -0.2) is 4.79 Å². The molecule has 132 valence electrons. The molecule has 0 radical (unpaired) electrons. The van der Waals surface area contributed by atoms with Gasteiger partial charge in [-0.1, -0.05) is 11.6 Å². The van der Waals surface area contributed by atoms with Gasteiger partial charge in [0, 0.05) is 41.9 Å². The summed E-state index contributed by atoms with van der Waals surface area (Å²) in [7, 11) is 1.64. The molecular weight excluding hydrogens is 340 g/mol. The van der Waals surface area contributed by atoms with E-state index in [1.54, 1.807) is 13.2 Å². The van der Waals surface area contributed by atoms with Crippen LogP contribution in [0.5, 0.6) is 0 Å². The van der Waals surface area contributed by atoms with E-state index in [9.17, 15) is 9.59 Å². The minimum atomic E-state index is -0.206. The van der Waals surface area contributed by atoms with Crippen LogP contribution in [0.1, 0.15) is 19.8 Å². The number of carbonyl (C=O) groups excluding carboxylic acids is 2. The highest BCUT2D eigenvalue weighted by molar-refractivity contribution is 6.31. The largest absolute Gasteiger partial charge is 0.382 e. The van der Waals surface area contributed by atoms with Crippen LogP contribution in [0.4, 0.5) is 10.5 Å². The maximum absolute atomic E-state index is 11.9. The van der Waals surface area contributed by atoms with Gasteiger partial charge < -0.3 is 10.2 Å². The predicted octanol–water partition coefficient (Wildman–Crippen LogP) is 3.36. The number of benzene rings is 1. The average molecular weight is 361 g/mol. The Morgan fingerprint density at radius 3 is 2.84 bits per heavy atom. The van der Waals surface area contributed by atoms with Gasteiger partial charge in [-0.2, -0.15) is 0 Å². The zero-order chi connectivity index (χ0) is 18.0. The topological polar surface area (TPSA) is 65.5 Å². The average Bonchev–Trinajstić information content (AvgIpc) is 2.81. The van der Waals surface area contributed by atoms with Gasteiger partial charge in [0.1, 0.15) is 6.54 Å². The number of carbonyl (C=O) groups is 2. The van der Waals surface area contributed by atoms with Crippen molar-refractivity contribution >= 4 is 40.1 Å². The summed E-state index contributed by atoms with van der Waals surface area (Å²) in [6, 6.07) is 7.58.